The van der Waals surface area contributed by atoms with Crippen LogP contribution in [0.25, 0.3) is 5.57 Å². The minimum atomic E-state index is -1.53. The van der Waals surface area contributed by atoms with Gasteiger partial charge in [-0.3, -0.25) is 9.69 Å². The lowest BCUT2D eigenvalue weighted by Gasteiger charge is -2.28. The van der Waals surface area contributed by atoms with E-state index in [4.69, 9.17) is 9.84 Å². The molecule has 0 radical (unpaired) electrons. The van der Waals surface area contributed by atoms with Gasteiger partial charge >= 0.3 is 6.09 Å². The monoisotopic (exact) mass is 475 g/mol. The predicted molar refractivity (Wildman–Crippen MR) is 117 cm³/mol. The second kappa shape index (κ2) is 10.1. The van der Waals surface area contributed by atoms with E-state index in [0.29, 0.717) is 11.4 Å². The zero-order valence-corrected chi connectivity index (χ0v) is 18.0. The number of rotatable bonds is 7. The maximum atomic E-state index is 14.9. The van der Waals surface area contributed by atoms with Crippen LogP contribution < -0.4 is 10.2 Å². The Morgan fingerprint density at radius 2 is 2.09 bits per heavy atom. The van der Waals surface area contributed by atoms with Crippen molar-refractivity contribution in [2.24, 2.45) is 0 Å². The van der Waals surface area contributed by atoms with Crippen LogP contribution in [0.15, 0.2) is 36.5 Å². The van der Waals surface area contributed by atoms with E-state index in [9.17, 15) is 23.5 Å². The molecule has 1 saturated heterocycles. The summed E-state index contributed by atoms with van der Waals surface area (Å²) >= 11 is 0. The fourth-order valence-corrected chi connectivity index (χ4v) is 3.86. The number of carbonyl (C=O) groups excluding carboxylic acids is 2. The highest BCUT2D eigenvalue weighted by Crippen LogP contribution is 2.32. The number of aliphatic hydroxyl groups excluding tert-OH is 2. The second-order valence-electron chi connectivity index (χ2n) is 7.85. The van der Waals surface area contributed by atoms with Gasteiger partial charge in [-0.2, -0.15) is 5.10 Å². The number of aliphatic hydroxyl groups is 2. The molecule has 0 aliphatic carbocycles. The third-order valence-electron chi connectivity index (χ3n) is 5.60. The fourth-order valence-electron chi connectivity index (χ4n) is 3.86. The first-order valence-corrected chi connectivity index (χ1v) is 10.6. The standard InChI is InChI=1S/C22H23F2N5O5/c23-16-8-14(29-11-15(34-22(29)33)10-25-19-2-1-5-26-27-19)9-17(24)20(16)13-3-6-28(7-4-13)21(32)18(31)12-30/h1-3,5,8-9,15,18,30-31H,4,6-7,10-12H2,(H,25,27)/t15-,18-/m0/s1. The van der Waals surface area contributed by atoms with E-state index >= 15 is 0 Å². The van der Waals surface area contributed by atoms with Gasteiger partial charge in [-0.25, -0.2) is 13.6 Å². The summed E-state index contributed by atoms with van der Waals surface area (Å²) < 4.78 is 35.2. The summed E-state index contributed by atoms with van der Waals surface area (Å²) in [5.74, 6) is -1.83. The van der Waals surface area contributed by atoms with Crippen molar-refractivity contribution in [2.45, 2.75) is 18.6 Å². The van der Waals surface area contributed by atoms with Crippen molar-refractivity contribution >= 4 is 29.1 Å². The number of hydrogen-bond acceptors (Lipinski definition) is 8. The molecule has 180 valence electrons. The number of nitrogens with zero attached hydrogens (tertiary/aromatic N) is 4. The van der Waals surface area contributed by atoms with Crippen molar-refractivity contribution in [3.05, 3.63) is 53.7 Å². The Kier molecular flexibility index (Phi) is 6.98. The number of anilines is 2. The molecule has 2 aliphatic heterocycles. The molecule has 2 aromatic rings. The number of aromatic nitrogens is 2. The summed E-state index contributed by atoms with van der Waals surface area (Å²) in [5.41, 5.74) is 0.177. The molecule has 1 fully saturated rings. The molecule has 2 atom stereocenters. The van der Waals surface area contributed by atoms with Crippen LogP contribution in [0, 0.1) is 11.6 Å². The van der Waals surface area contributed by atoms with Crippen LogP contribution in [0.4, 0.5) is 25.1 Å². The third kappa shape index (κ3) is 4.97. The third-order valence-corrected chi connectivity index (χ3v) is 5.60. The topological polar surface area (TPSA) is 128 Å². The number of halogens is 2. The van der Waals surface area contributed by atoms with Gasteiger partial charge in [0.25, 0.3) is 5.91 Å². The van der Waals surface area contributed by atoms with Crippen molar-refractivity contribution in [3.63, 3.8) is 0 Å². The molecule has 2 amide bonds. The van der Waals surface area contributed by atoms with Gasteiger partial charge in [0.2, 0.25) is 0 Å². The van der Waals surface area contributed by atoms with Gasteiger partial charge in [-0.1, -0.05) is 6.08 Å². The van der Waals surface area contributed by atoms with Gasteiger partial charge in [0.05, 0.1) is 25.4 Å². The van der Waals surface area contributed by atoms with E-state index in [0.717, 1.165) is 17.0 Å². The van der Waals surface area contributed by atoms with E-state index < -0.39 is 42.4 Å². The largest absolute Gasteiger partial charge is 0.442 e. The molecule has 34 heavy (non-hydrogen) atoms. The van der Waals surface area contributed by atoms with Crippen LogP contribution in [0.1, 0.15) is 12.0 Å². The van der Waals surface area contributed by atoms with Gasteiger partial charge < -0.3 is 25.2 Å². The van der Waals surface area contributed by atoms with E-state index in [1.54, 1.807) is 12.1 Å². The molecular weight excluding hydrogens is 452 g/mol. The first kappa shape index (κ1) is 23.5. The zero-order chi connectivity index (χ0) is 24.2. The van der Waals surface area contributed by atoms with Crippen molar-refractivity contribution in [3.8, 4) is 0 Å². The highest BCUT2D eigenvalue weighted by molar-refractivity contribution is 5.90. The number of hydrogen-bond donors (Lipinski definition) is 3. The number of cyclic esters (lactones) is 1. The van der Waals surface area contributed by atoms with Gasteiger partial charge in [0.15, 0.2) is 6.10 Å². The number of carbonyl (C=O) groups is 2. The van der Waals surface area contributed by atoms with Gasteiger partial charge in [-0.15, -0.1) is 5.10 Å². The molecule has 1 aromatic heterocycles. The minimum absolute atomic E-state index is 0.0324. The smallest absolute Gasteiger partial charge is 0.414 e. The van der Waals surface area contributed by atoms with Crippen molar-refractivity contribution < 1.29 is 33.3 Å². The lowest BCUT2D eigenvalue weighted by Crippen LogP contribution is -2.42. The van der Waals surface area contributed by atoms with Crippen molar-refractivity contribution in [1.82, 2.24) is 15.1 Å². The Morgan fingerprint density at radius 1 is 1.32 bits per heavy atom. The molecule has 0 saturated carbocycles. The average Bonchev–Trinajstić information content (AvgIpc) is 3.23. The molecule has 0 spiro atoms. The summed E-state index contributed by atoms with van der Waals surface area (Å²) in [5, 5.41) is 29.0. The predicted octanol–water partition coefficient (Wildman–Crippen LogP) is 1.16. The van der Waals surface area contributed by atoms with Crippen molar-refractivity contribution in [1.29, 1.82) is 0 Å². The molecule has 1 aromatic carbocycles. The quantitative estimate of drug-likeness (QED) is 0.544. The summed E-state index contributed by atoms with van der Waals surface area (Å²) in [6.07, 6.45) is 0.396. The fraction of sp³-hybridized carbons (Fsp3) is 0.364. The average molecular weight is 475 g/mol. The maximum Gasteiger partial charge on any atom is 0.414 e. The van der Waals surface area contributed by atoms with Gasteiger partial charge in [0, 0.05) is 24.8 Å². The first-order valence-electron chi connectivity index (χ1n) is 10.6. The van der Waals surface area contributed by atoms with Crippen LogP contribution in [0.5, 0.6) is 0 Å². The first-order chi connectivity index (χ1) is 16.4. The van der Waals surface area contributed by atoms with E-state index in [-0.39, 0.29) is 43.9 Å². The molecular formula is C22H23F2N5O5. The number of amides is 2. The lowest BCUT2D eigenvalue weighted by molar-refractivity contribution is -0.141. The number of ether oxygens (including phenoxy) is 1. The Balaban J connectivity index is 1.44. The Bertz CT molecular complexity index is 1080. The number of nitrogens with one attached hydrogen (secondary N) is 1. The molecule has 2 aliphatic rings. The maximum absolute atomic E-state index is 14.9. The van der Waals surface area contributed by atoms with E-state index in [1.807, 2.05) is 0 Å². The Labute approximate surface area is 193 Å². The van der Waals surface area contributed by atoms with E-state index in [1.165, 1.54) is 17.2 Å². The zero-order valence-electron chi connectivity index (χ0n) is 18.0. The second-order valence-corrected chi connectivity index (χ2v) is 7.85. The number of benzene rings is 1. The molecule has 3 heterocycles. The lowest BCUT2D eigenvalue weighted by atomic mass is 9.97. The van der Waals surface area contributed by atoms with Gasteiger partial charge in [0.1, 0.15) is 23.6 Å². The Hall–Kier alpha value is -3.64. The molecule has 4 rings (SSSR count). The normalized spacial score (nSPS) is 19.0. The highest BCUT2D eigenvalue weighted by Gasteiger charge is 2.34. The Morgan fingerprint density at radius 3 is 2.71 bits per heavy atom. The van der Waals surface area contributed by atoms with Crippen molar-refractivity contribution in [2.75, 3.05) is 43.0 Å². The molecule has 10 nitrogen and oxygen atoms in total. The molecule has 12 heteroatoms. The van der Waals surface area contributed by atoms with Crippen LogP contribution in [0.2, 0.25) is 0 Å². The minimum Gasteiger partial charge on any atom is -0.442 e. The summed E-state index contributed by atoms with van der Waals surface area (Å²) in [6.45, 7) is -0.173. The molecule has 0 unspecified atom stereocenters. The SMILES string of the molecule is O=C([C@@H](O)CO)N1CC=C(c2c(F)cc(N3C[C@H](CNc4cccnn4)OC3=O)cc2F)CC1. The van der Waals surface area contributed by atoms with Crippen LogP contribution in [0.3, 0.4) is 0 Å². The van der Waals surface area contributed by atoms with Crippen LogP contribution in [-0.2, 0) is 9.53 Å². The highest BCUT2D eigenvalue weighted by atomic mass is 19.1. The molecule has 3 N–H and O–H groups in total. The summed E-state index contributed by atoms with van der Waals surface area (Å²) in [6, 6.07) is 5.55. The van der Waals surface area contributed by atoms with Crippen LogP contribution >= 0.6 is 0 Å². The summed E-state index contributed by atoms with van der Waals surface area (Å²) in [4.78, 5) is 26.7. The molecule has 0 bridgehead atoms. The van der Waals surface area contributed by atoms with E-state index in [2.05, 4.69) is 15.5 Å². The van der Waals surface area contributed by atoms with Crippen LogP contribution in [-0.4, -0.2) is 82.3 Å². The van der Waals surface area contributed by atoms with Gasteiger partial charge in [-0.05, 0) is 36.3 Å². The summed E-state index contributed by atoms with van der Waals surface area (Å²) in [7, 11) is 0.